The minimum atomic E-state index is -0.267. The summed E-state index contributed by atoms with van der Waals surface area (Å²) in [5, 5.41) is 6.73. The molecule has 0 bridgehead atoms. The van der Waals surface area contributed by atoms with Gasteiger partial charge in [0.05, 0.1) is 12.8 Å². The first-order valence-corrected chi connectivity index (χ1v) is 7.18. The molecule has 0 radical (unpaired) electrons. The molecule has 1 heterocycles. The maximum Gasteiger partial charge on any atom is 0.277 e. The number of benzene rings is 1. The number of ether oxygens (including phenoxy) is 1. The number of nitrogens with one attached hydrogen (secondary N) is 1. The van der Waals surface area contributed by atoms with Crippen molar-refractivity contribution in [2.75, 3.05) is 12.4 Å². The zero-order valence-corrected chi connectivity index (χ0v) is 12.2. The quantitative estimate of drug-likeness (QED) is 0.938. The number of anilines is 1. The van der Waals surface area contributed by atoms with Crippen LogP contribution in [0.1, 0.15) is 40.7 Å². The van der Waals surface area contributed by atoms with Crippen molar-refractivity contribution in [1.29, 1.82) is 0 Å². The summed E-state index contributed by atoms with van der Waals surface area (Å²) in [5.74, 6) is 1.12. The number of hydrogen-bond acceptors (Lipinski definition) is 4. The molecule has 1 aromatic carbocycles. The summed E-state index contributed by atoms with van der Waals surface area (Å²) in [6, 6.07) is 5.65. The van der Waals surface area contributed by atoms with Gasteiger partial charge in [-0.1, -0.05) is 18.1 Å². The molecule has 0 fully saturated rings. The van der Waals surface area contributed by atoms with Gasteiger partial charge in [0.1, 0.15) is 11.5 Å². The number of methoxy groups -OCH3 is 1. The van der Waals surface area contributed by atoms with Gasteiger partial charge in [-0.25, -0.2) is 0 Å². The molecule has 0 spiro atoms. The van der Waals surface area contributed by atoms with E-state index in [4.69, 9.17) is 9.26 Å². The Morgan fingerprint density at radius 2 is 2.29 bits per heavy atom. The van der Waals surface area contributed by atoms with Crippen molar-refractivity contribution in [2.45, 2.75) is 32.6 Å². The van der Waals surface area contributed by atoms with Gasteiger partial charge < -0.3 is 14.6 Å². The molecule has 0 saturated heterocycles. The monoisotopic (exact) mass is 286 g/mol. The molecule has 5 heteroatoms. The average Bonchev–Trinajstić information content (AvgIpc) is 3.16. The molecule has 0 atom stereocenters. The smallest absolute Gasteiger partial charge is 0.277 e. The van der Waals surface area contributed by atoms with Crippen molar-refractivity contribution in [2.24, 2.45) is 0 Å². The lowest BCUT2D eigenvalue weighted by molar-refractivity contribution is 0.101. The molecule has 21 heavy (non-hydrogen) atoms. The molecule has 5 nitrogen and oxygen atoms in total. The highest BCUT2D eigenvalue weighted by atomic mass is 16.5. The van der Waals surface area contributed by atoms with E-state index in [0.717, 1.165) is 24.9 Å². The molecular formula is C16H18N2O3. The van der Waals surface area contributed by atoms with E-state index in [1.54, 1.807) is 13.2 Å². The second-order valence-electron chi connectivity index (χ2n) is 5.12. The van der Waals surface area contributed by atoms with Gasteiger partial charge in [0.15, 0.2) is 5.69 Å². The molecule has 1 amide bonds. The summed E-state index contributed by atoms with van der Waals surface area (Å²) < 4.78 is 10.5. The van der Waals surface area contributed by atoms with Crippen LogP contribution in [0.3, 0.4) is 0 Å². The summed E-state index contributed by atoms with van der Waals surface area (Å²) in [6.45, 7) is 1.95. The Balaban J connectivity index is 1.90. The molecule has 0 unspecified atom stereocenters. The fourth-order valence-corrected chi connectivity index (χ4v) is 2.72. The Kier molecular flexibility index (Phi) is 3.64. The van der Waals surface area contributed by atoms with E-state index in [9.17, 15) is 4.79 Å². The standard InChI is InChI=1S/C16H18N2O3/c1-3-11-9-13(18-21-11)16(19)17-15-12-6-4-5-10(12)7-8-14(15)20-2/h7-9H,3-6H2,1-2H3,(H,17,19). The Bertz CT molecular complexity index is 676. The Morgan fingerprint density at radius 3 is 3.00 bits per heavy atom. The number of rotatable bonds is 4. The van der Waals surface area contributed by atoms with Crippen LogP contribution in [0, 0.1) is 0 Å². The zero-order chi connectivity index (χ0) is 14.8. The maximum atomic E-state index is 12.3. The lowest BCUT2D eigenvalue weighted by atomic mass is 10.1. The fourth-order valence-electron chi connectivity index (χ4n) is 2.72. The van der Waals surface area contributed by atoms with Gasteiger partial charge in [0.2, 0.25) is 0 Å². The van der Waals surface area contributed by atoms with Crippen molar-refractivity contribution in [3.8, 4) is 5.75 Å². The molecule has 0 saturated carbocycles. The molecule has 1 N–H and O–H groups in total. The van der Waals surface area contributed by atoms with E-state index in [1.807, 2.05) is 13.0 Å². The minimum absolute atomic E-state index is 0.267. The van der Waals surface area contributed by atoms with Crippen LogP contribution in [0.15, 0.2) is 22.7 Å². The second kappa shape index (κ2) is 5.60. The third-order valence-electron chi connectivity index (χ3n) is 3.84. The lowest BCUT2D eigenvalue weighted by Crippen LogP contribution is -2.14. The van der Waals surface area contributed by atoms with Crippen molar-refractivity contribution < 1.29 is 14.1 Å². The molecule has 110 valence electrons. The van der Waals surface area contributed by atoms with Gasteiger partial charge in [-0.15, -0.1) is 0 Å². The highest BCUT2D eigenvalue weighted by Crippen LogP contribution is 2.36. The van der Waals surface area contributed by atoms with Crippen molar-refractivity contribution >= 4 is 11.6 Å². The van der Waals surface area contributed by atoms with E-state index in [2.05, 4.69) is 16.5 Å². The van der Waals surface area contributed by atoms with Crippen LogP contribution in [0.5, 0.6) is 5.75 Å². The summed E-state index contributed by atoms with van der Waals surface area (Å²) in [4.78, 5) is 12.3. The SMILES string of the molecule is CCc1cc(C(=O)Nc2c(OC)ccc3c2CCC3)no1. The van der Waals surface area contributed by atoms with Gasteiger partial charge >= 0.3 is 0 Å². The number of aromatic nitrogens is 1. The number of hydrogen-bond donors (Lipinski definition) is 1. The zero-order valence-electron chi connectivity index (χ0n) is 12.2. The molecular weight excluding hydrogens is 268 g/mol. The maximum absolute atomic E-state index is 12.3. The van der Waals surface area contributed by atoms with E-state index >= 15 is 0 Å². The molecule has 1 aliphatic rings. The van der Waals surface area contributed by atoms with Crippen molar-refractivity contribution in [3.05, 3.63) is 40.8 Å². The molecule has 2 aromatic rings. The van der Waals surface area contributed by atoms with Crippen molar-refractivity contribution in [3.63, 3.8) is 0 Å². The first-order valence-electron chi connectivity index (χ1n) is 7.18. The van der Waals surface area contributed by atoms with Crippen LogP contribution in [0.4, 0.5) is 5.69 Å². The first kappa shape index (κ1) is 13.7. The third kappa shape index (κ3) is 2.51. The van der Waals surface area contributed by atoms with Crippen molar-refractivity contribution in [1.82, 2.24) is 5.16 Å². The van der Waals surface area contributed by atoms with Crippen LogP contribution in [0.25, 0.3) is 0 Å². The van der Waals surface area contributed by atoms with Gasteiger partial charge in [0, 0.05) is 12.5 Å². The highest BCUT2D eigenvalue weighted by molar-refractivity contribution is 6.04. The Labute approximate surface area is 123 Å². The molecule has 3 rings (SSSR count). The minimum Gasteiger partial charge on any atom is -0.495 e. The molecule has 0 aliphatic heterocycles. The van der Waals surface area contributed by atoms with Crippen LogP contribution >= 0.6 is 0 Å². The Morgan fingerprint density at radius 1 is 1.43 bits per heavy atom. The van der Waals surface area contributed by atoms with E-state index < -0.39 is 0 Å². The van der Waals surface area contributed by atoms with Crippen LogP contribution in [0.2, 0.25) is 0 Å². The number of aryl methyl sites for hydroxylation is 2. The van der Waals surface area contributed by atoms with Crippen LogP contribution in [-0.4, -0.2) is 18.2 Å². The lowest BCUT2D eigenvalue weighted by Gasteiger charge is -2.14. The van der Waals surface area contributed by atoms with Crippen LogP contribution < -0.4 is 10.1 Å². The average molecular weight is 286 g/mol. The normalized spacial score (nSPS) is 13.0. The third-order valence-corrected chi connectivity index (χ3v) is 3.84. The van der Waals surface area contributed by atoms with Gasteiger partial charge in [0.25, 0.3) is 5.91 Å². The number of carbonyl (C=O) groups excluding carboxylic acids is 1. The number of carbonyl (C=O) groups is 1. The van der Waals surface area contributed by atoms with E-state index in [-0.39, 0.29) is 5.91 Å². The summed E-state index contributed by atoms with van der Waals surface area (Å²) >= 11 is 0. The number of amides is 1. The number of nitrogens with zero attached hydrogens (tertiary/aromatic N) is 1. The summed E-state index contributed by atoms with van der Waals surface area (Å²) in [5.41, 5.74) is 3.51. The summed E-state index contributed by atoms with van der Waals surface area (Å²) in [7, 11) is 1.61. The van der Waals surface area contributed by atoms with Gasteiger partial charge in [-0.3, -0.25) is 4.79 Å². The summed E-state index contributed by atoms with van der Waals surface area (Å²) in [6.07, 6.45) is 3.83. The molecule has 1 aromatic heterocycles. The Hall–Kier alpha value is -2.30. The van der Waals surface area contributed by atoms with Crippen LogP contribution in [-0.2, 0) is 19.3 Å². The molecule has 1 aliphatic carbocycles. The first-order chi connectivity index (χ1) is 10.2. The predicted octanol–water partition coefficient (Wildman–Crippen LogP) is 2.99. The highest BCUT2D eigenvalue weighted by Gasteiger charge is 2.21. The predicted molar refractivity (Wildman–Crippen MR) is 78.9 cm³/mol. The largest absolute Gasteiger partial charge is 0.495 e. The van der Waals surface area contributed by atoms with E-state index in [1.165, 1.54) is 11.1 Å². The van der Waals surface area contributed by atoms with E-state index in [0.29, 0.717) is 23.6 Å². The topological polar surface area (TPSA) is 64.4 Å². The van der Waals surface area contributed by atoms with Gasteiger partial charge in [-0.05, 0) is 36.5 Å². The second-order valence-corrected chi connectivity index (χ2v) is 5.12. The fraction of sp³-hybridized carbons (Fsp3) is 0.375. The number of fused-ring (bicyclic) bond motifs is 1. The van der Waals surface area contributed by atoms with Gasteiger partial charge in [-0.2, -0.15) is 0 Å².